The van der Waals surface area contributed by atoms with Crippen LogP contribution < -0.4 is 16.3 Å². The Labute approximate surface area is 264 Å². The van der Waals surface area contributed by atoms with Gasteiger partial charge in [0.05, 0.1) is 24.2 Å². The fraction of sp³-hybridized carbons (Fsp3) is 0.455. The molecule has 46 heavy (non-hydrogen) atoms. The maximum absolute atomic E-state index is 14.5. The first-order valence-electron chi connectivity index (χ1n) is 15.1. The largest absolute Gasteiger partial charge is 0.394 e. The van der Waals surface area contributed by atoms with Crippen molar-refractivity contribution in [3.63, 3.8) is 0 Å². The lowest BCUT2D eigenvalue weighted by atomic mass is 9.90. The van der Waals surface area contributed by atoms with E-state index < -0.39 is 53.7 Å². The van der Waals surface area contributed by atoms with Crippen LogP contribution in [0.3, 0.4) is 0 Å². The van der Waals surface area contributed by atoms with Crippen LogP contribution in [-0.2, 0) is 14.3 Å². The summed E-state index contributed by atoms with van der Waals surface area (Å²) in [4.78, 5) is 42.0. The van der Waals surface area contributed by atoms with Gasteiger partial charge in [0, 0.05) is 29.4 Å². The number of ether oxygens (including phenoxy) is 2. The number of benzene rings is 2. The molecule has 1 amide bonds. The molecule has 246 valence electrons. The first kappa shape index (κ1) is 33.3. The number of aromatic nitrogens is 2. The number of aliphatic hydroxyl groups excluding tert-OH is 2. The number of rotatable bonds is 12. The average Bonchev–Trinajstić information content (AvgIpc) is 3.22. The monoisotopic (exact) mass is 640 g/mol. The highest BCUT2D eigenvalue weighted by atomic mass is 19.3. The third kappa shape index (κ3) is 6.59. The molecule has 2 aromatic carbocycles. The molecule has 0 saturated carbocycles. The number of halogens is 2. The number of alkyl halides is 2. The molecule has 1 saturated heterocycles. The highest BCUT2D eigenvalue weighted by molar-refractivity contribution is 6.23. The molecule has 11 nitrogen and oxygen atoms in total. The quantitative estimate of drug-likeness (QED) is 0.227. The lowest BCUT2D eigenvalue weighted by Crippen LogP contribution is -2.42. The summed E-state index contributed by atoms with van der Waals surface area (Å²) in [5.74, 6) is -4.56. The molecular weight excluding hydrogens is 602 g/mol. The normalized spacial score (nSPS) is 21.7. The Morgan fingerprint density at radius 3 is 2.59 bits per heavy atom. The van der Waals surface area contributed by atoms with Gasteiger partial charge in [0.25, 0.3) is 0 Å². The van der Waals surface area contributed by atoms with Gasteiger partial charge in [-0.1, -0.05) is 37.3 Å². The van der Waals surface area contributed by atoms with Crippen LogP contribution in [-0.4, -0.2) is 73.9 Å². The van der Waals surface area contributed by atoms with E-state index >= 15 is 0 Å². The van der Waals surface area contributed by atoms with Crippen LogP contribution in [0.5, 0.6) is 0 Å². The first-order chi connectivity index (χ1) is 21.7. The number of carbonyl (C=O) groups is 2. The summed E-state index contributed by atoms with van der Waals surface area (Å²) in [6.07, 6.45) is -0.681. The van der Waals surface area contributed by atoms with Gasteiger partial charge in [-0.05, 0) is 62.8 Å². The van der Waals surface area contributed by atoms with Gasteiger partial charge < -0.3 is 30.3 Å². The first-order valence-corrected chi connectivity index (χ1v) is 15.1. The number of anilines is 2. The summed E-state index contributed by atoms with van der Waals surface area (Å²) in [5, 5.41) is 26.8. The minimum Gasteiger partial charge on any atom is -0.394 e. The van der Waals surface area contributed by atoms with Crippen molar-refractivity contribution < 1.29 is 38.1 Å². The predicted octanol–water partition coefficient (Wildman–Crippen LogP) is 4.29. The number of aliphatic hydroxyl groups is 2. The maximum atomic E-state index is 14.5. The molecule has 0 spiro atoms. The summed E-state index contributed by atoms with van der Waals surface area (Å²) in [6, 6.07) is 11.0. The highest BCUT2D eigenvalue weighted by Gasteiger charge is 2.59. The third-order valence-electron chi connectivity index (χ3n) is 8.58. The van der Waals surface area contributed by atoms with E-state index in [1.807, 2.05) is 57.2 Å². The van der Waals surface area contributed by atoms with Gasteiger partial charge >= 0.3 is 11.6 Å². The molecule has 2 heterocycles. The van der Waals surface area contributed by atoms with E-state index in [1.54, 1.807) is 13.0 Å². The number of amides is 1. The summed E-state index contributed by atoms with van der Waals surface area (Å²) in [5.41, 5.74) is -0.109. The molecule has 5 rings (SSSR count). The lowest BCUT2D eigenvalue weighted by Gasteiger charge is -2.33. The molecule has 1 aromatic heterocycles. The molecule has 0 bridgehead atoms. The number of carbonyl (C=O) groups excluding carboxylic acids is 2. The predicted molar refractivity (Wildman–Crippen MR) is 168 cm³/mol. The molecule has 2 aliphatic rings. The summed E-state index contributed by atoms with van der Waals surface area (Å²) >= 11 is 0. The SMILES string of the molecule is CCC(C)(CC(=O)Nc1ccn([C@H]2O[C@@H](CO)[C@@H](O)C2(F)F)c(=O)n1)OCCC(C)(C)Nc1ccc2cccc3c2c1C(=O)C=C3. The van der Waals surface area contributed by atoms with Gasteiger partial charge in [-0.15, -0.1) is 0 Å². The van der Waals surface area contributed by atoms with Gasteiger partial charge in [0.15, 0.2) is 11.9 Å². The molecule has 0 radical (unpaired) electrons. The number of ketones is 1. The van der Waals surface area contributed by atoms with Crippen LogP contribution in [0.25, 0.3) is 16.8 Å². The number of hydrogen-bond donors (Lipinski definition) is 4. The summed E-state index contributed by atoms with van der Waals surface area (Å²) in [6.45, 7) is 7.11. The topological polar surface area (TPSA) is 152 Å². The third-order valence-corrected chi connectivity index (χ3v) is 8.58. The van der Waals surface area contributed by atoms with Gasteiger partial charge in [-0.3, -0.25) is 14.2 Å². The van der Waals surface area contributed by atoms with E-state index in [4.69, 9.17) is 9.47 Å². The summed E-state index contributed by atoms with van der Waals surface area (Å²) < 4.78 is 40.6. The molecular formula is C33H38F2N4O7. The Bertz CT molecular complexity index is 1740. The standard InChI is InChI=1S/C33H38F2N4O7/c1-5-32(4,17-25(42)36-24-13-15-39(30(44)37-24)29-33(34,35)28(43)23(18-40)46-29)45-16-14-31(2,3)38-21-11-9-19-7-6-8-20-10-12-22(41)27(21)26(19)20/h6-13,15,23,28-29,38,40,43H,5,14,16-18H2,1-4H3,(H,36,37,42,44)/t23-,28+,29-,32?/m0/s1. The molecule has 4 atom stereocenters. The van der Waals surface area contributed by atoms with Crippen molar-refractivity contribution in [3.8, 4) is 0 Å². The molecule has 1 aliphatic carbocycles. The Morgan fingerprint density at radius 2 is 1.91 bits per heavy atom. The molecule has 3 aromatic rings. The minimum absolute atomic E-state index is 0.0609. The van der Waals surface area contributed by atoms with Crippen LogP contribution in [0.1, 0.15) is 69.1 Å². The van der Waals surface area contributed by atoms with E-state index in [-0.39, 0.29) is 18.0 Å². The van der Waals surface area contributed by atoms with E-state index in [9.17, 15) is 33.4 Å². The van der Waals surface area contributed by atoms with E-state index in [2.05, 4.69) is 15.6 Å². The van der Waals surface area contributed by atoms with E-state index in [0.717, 1.165) is 28.2 Å². The second kappa shape index (κ2) is 12.6. The van der Waals surface area contributed by atoms with Crippen molar-refractivity contribution >= 4 is 40.0 Å². The van der Waals surface area contributed by atoms with Gasteiger partial charge in [-0.2, -0.15) is 13.8 Å². The highest BCUT2D eigenvalue weighted by Crippen LogP contribution is 2.42. The van der Waals surface area contributed by atoms with Crippen LogP contribution in [0.2, 0.25) is 0 Å². The zero-order valence-electron chi connectivity index (χ0n) is 26.0. The smallest absolute Gasteiger partial charge is 0.351 e. The van der Waals surface area contributed by atoms with Gasteiger partial charge in [-0.25, -0.2) is 4.79 Å². The number of allylic oxidation sites excluding steroid dienone is 1. The van der Waals surface area contributed by atoms with E-state index in [0.29, 0.717) is 29.6 Å². The fourth-order valence-corrected chi connectivity index (χ4v) is 5.72. The molecule has 1 unspecified atom stereocenters. The zero-order chi connectivity index (χ0) is 33.4. The Balaban J connectivity index is 1.19. The zero-order valence-corrected chi connectivity index (χ0v) is 26.0. The minimum atomic E-state index is -3.85. The molecule has 13 heteroatoms. The average molecular weight is 641 g/mol. The van der Waals surface area contributed by atoms with Crippen LogP contribution in [0, 0.1) is 0 Å². The second-order valence-electron chi connectivity index (χ2n) is 12.6. The number of hydrogen-bond acceptors (Lipinski definition) is 9. The van der Waals surface area contributed by atoms with Crippen LogP contribution in [0.4, 0.5) is 20.3 Å². The Morgan fingerprint density at radius 1 is 1.15 bits per heavy atom. The summed E-state index contributed by atoms with van der Waals surface area (Å²) in [7, 11) is 0. The number of nitrogens with one attached hydrogen (secondary N) is 2. The lowest BCUT2D eigenvalue weighted by molar-refractivity contribution is -0.141. The van der Waals surface area contributed by atoms with Crippen LogP contribution in [0.15, 0.2) is 53.5 Å². The fourth-order valence-electron chi connectivity index (χ4n) is 5.72. The molecule has 1 fully saturated rings. The van der Waals surface area contributed by atoms with Crippen molar-refractivity contribution in [2.24, 2.45) is 0 Å². The van der Waals surface area contributed by atoms with Crippen molar-refractivity contribution in [1.82, 2.24) is 9.55 Å². The molecule has 4 N–H and O–H groups in total. The van der Waals surface area contributed by atoms with Crippen molar-refractivity contribution in [3.05, 3.63) is 70.3 Å². The van der Waals surface area contributed by atoms with Crippen LogP contribution >= 0.6 is 0 Å². The van der Waals surface area contributed by atoms with Gasteiger partial charge in [0.1, 0.15) is 11.9 Å². The Hall–Kier alpha value is -4.04. The van der Waals surface area contributed by atoms with Gasteiger partial charge in [0.2, 0.25) is 12.1 Å². The van der Waals surface area contributed by atoms with Crippen molar-refractivity contribution in [2.75, 3.05) is 23.8 Å². The Kier molecular flexibility index (Phi) is 9.15. The van der Waals surface area contributed by atoms with E-state index in [1.165, 1.54) is 6.07 Å². The van der Waals surface area contributed by atoms with Crippen molar-refractivity contribution in [2.45, 2.75) is 82.5 Å². The number of nitrogens with zero attached hydrogens (tertiary/aromatic N) is 2. The van der Waals surface area contributed by atoms with Crippen molar-refractivity contribution in [1.29, 1.82) is 0 Å². The molecule has 1 aliphatic heterocycles. The second-order valence-corrected chi connectivity index (χ2v) is 12.6. The maximum Gasteiger partial charge on any atom is 0.351 e.